The number of carbonyl (C=O) groups is 1. The van der Waals surface area contributed by atoms with Crippen molar-refractivity contribution in [1.29, 1.82) is 0 Å². The predicted molar refractivity (Wildman–Crippen MR) is 84.6 cm³/mol. The zero-order valence-electron chi connectivity index (χ0n) is 11.9. The van der Waals surface area contributed by atoms with Gasteiger partial charge in [0, 0.05) is 11.6 Å². The van der Waals surface area contributed by atoms with Crippen LogP contribution < -0.4 is 10.1 Å². The second-order valence-corrected chi connectivity index (χ2v) is 5.19. The lowest BCUT2D eigenvalue weighted by Gasteiger charge is -2.08. The van der Waals surface area contributed by atoms with Gasteiger partial charge in [0.1, 0.15) is 5.75 Å². The summed E-state index contributed by atoms with van der Waals surface area (Å²) in [6.45, 7) is 2.81. The van der Waals surface area contributed by atoms with Gasteiger partial charge in [-0.3, -0.25) is 4.79 Å². The largest absolute Gasteiger partial charge is 0.493 e. The molecule has 1 N–H and O–H groups in total. The highest BCUT2D eigenvalue weighted by molar-refractivity contribution is 6.31. The van der Waals surface area contributed by atoms with Crippen molar-refractivity contribution >= 4 is 17.5 Å². The molecule has 0 heterocycles. The molecule has 2 rings (SSSR count). The smallest absolute Gasteiger partial charge is 0.223 e. The number of benzene rings is 2. The van der Waals surface area contributed by atoms with E-state index in [9.17, 15) is 4.79 Å². The molecule has 0 fully saturated rings. The fourth-order valence-corrected chi connectivity index (χ4v) is 2.02. The number of hydrogen-bond acceptors (Lipinski definition) is 2. The molecule has 0 radical (unpaired) electrons. The maximum absolute atomic E-state index is 11.7. The monoisotopic (exact) mass is 303 g/mol. The van der Waals surface area contributed by atoms with Gasteiger partial charge in [-0.2, -0.15) is 0 Å². The van der Waals surface area contributed by atoms with Crippen LogP contribution in [0.5, 0.6) is 5.75 Å². The first-order valence-corrected chi connectivity index (χ1v) is 7.22. The molecule has 4 heteroatoms. The fourth-order valence-electron chi connectivity index (χ4n) is 1.82. The molecule has 3 nitrogen and oxygen atoms in total. The summed E-state index contributed by atoms with van der Waals surface area (Å²) in [5.74, 6) is 0.724. The maximum Gasteiger partial charge on any atom is 0.223 e. The Hall–Kier alpha value is -2.00. The molecule has 2 aromatic rings. The summed E-state index contributed by atoms with van der Waals surface area (Å²) >= 11 is 6.03. The molecule has 0 bridgehead atoms. The van der Waals surface area contributed by atoms with E-state index in [1.165, 1.54) is 5.56 Å². The molecular weight excluding hydrogens is 286 g/mol. The highest BCUT2D eigenvalue weighted by Gasteiger charge is 2.04. The van der Waals surface area contributed by atoms with Crippen molar-refractivity contribution in [2.24, 2.45) is 0 Å². The number of ether oxygens (including phenoxy) is 1. The third-order valence-corrected chi connectivity index (χ3v) is 3.42. The minimum Gasteiger partial charge on any atom is -0.493 e. The second kappa shape index (κ2) is 7.70. The second-order valence-electron chi connectivity index (χ2n) is 4.78. The van der Waals surface area contributed by atoms with Gasteiger partial charge in [0.2, 0.25) is 5.91 Å². The average Bonchev–Trinajstić information content (AvgIpc) is 2.48. The van der Waals surface area contributed by atoms with Crippen molar-refractivity contribution in [2.75, 3.05) is 6.61 Å². The zero-order chi connectivity index (χ0) is 15.1. The van der Waals surface area contributed by atoms with Crippen LogP contribution in [0.1, 0.15) is 17.5 Å². The van der Waals surface area contributed by atoms with Crippen molar-refractivity contribution in [1.82, 2.24) is 5.32 Å². The van der Waals surface area contributed by atoms with E-state index in [1.807, 2.05) is 55.5 Å². The summed E-state index contributed by atoms with van der Waals surface area (Å²) < 4.78 is 5.52. The summed E-state index contributed by atoms with van der Waals surface area (Å²) in [7, 11) is 0. The van der Waals surface area contributed by atoms with Gasteiger partial charge in [-0.1, -0.05) is 47.5 Å². The quantitative estimate of drug-likeness (QED) is 0.883. The molecule has 2 aromatic carbocycles. The molecule has 0 aliphatic carbocycles. The van der Waals surface area contributed by atoms with Crippen LogP contribution in [0.15, 0.2) is 48.5 Å². The molecule has 0 saturated carbocycles. The molecule has 0 saturated heterocycles. The van der Waals surface area contributed by atoms with Crippen LogP contribution in [0.25, 0.3) is 0 Å². The first-order valence-electron chi connectivity index (χ1n) is 6.85. The average molecular weight is 304 g/mol. The van der Waals surface area contributed by atoms with Gasteiger partial charge >= 0.3 is 0 Å². The zero-order valence-corrected chi connectivity index (χ0v) is 12.7. The van der Waals surface area contributed by atoms with E-state index in [1.54, 1.807) is 0 Å². The SMILES string of the molecule is Cc1ccc(OCCC(=O)NCc2ccccc2Cl)cc1. The molecule has 0 aliphatic heterocycles. The lowest BCUT2D eigenvalue weighted by Crippen LogP contribution is -2.24. The Bertz CT molecular complexity index is 596. The number of rotatable bonds is 6. The number of amides is 1. The Morgan fingerprint density at radius 2 is 1.86 bits per heavy atom. The van der Waals surface area contributed by atoms with Crippen molar-refractivity contribution < 1.29 is 9.53 Å². The van der Waals surface area contributed by atoms with Crippen LogP contribution in [0, 0.1) is 6.92 Å². The topological polar surface area (TPSA) is 38.3 Å². The molecule has 0 unspecified atom stereocenters. The normalized spacial score (nSPS) is 10.2. The Morgan fingerprint density at radius 1 is 1.14 bits per heavy atom. The molecule has 21 heavy (non-hydrogen) atoms. The number of aryl methyl sites for hydroxylation is 1. The third kappa shape index (κ3) is 5.12. The number of hydrogen-bond donors (Lipinski definition) is 1. The lowest BCUT2D eigenvalue weighted by molar-refractivity contribution is -0.121. The Morgan fingerprint density at radius 3 is 2.57 bits per heavy atom. The Labute approximate surface area is 129 Å². The van der Waals surface area contributed by atoms with Gasteiger partial charge in [0.15, 0.2) is 0 Å². The van der Waals surface area contributed by atoms with E-state index in [0.717, 1.165) is 11.3 Å². The summed E-state index contributed by atoms with van der Waals surface area (Å²) in [6.07, 6.45) is 0.318. The van der Waals surface area contributed by atoms with Crippen molar-refractivity contribution in [2.45, 2.75) is 19.9 Å². The van der Waals surface area contributed by atoms with E-state index in [4.69, 9.17) is 16.3 Å². The van der Waals surface area contributed by atoms with Crippen molar-refractivity contribution in [3.8, 4) is 5.75 Å². The first kappa shape index (κ1) is 15.4. The summed E-state index contributed by atoms with van der Waals surface area (Å²) in [5, 5.41) is 3.49. The minimum absolute atomic E-state index is 0.0537. The van der Waals surface area contributed by atoms with E-state index in [2.05, 4.69) is 5.32 Å². The number of halogens is 1. The van der Waals surface area contributed by atoms with Gasteiger partial charge in [-0.05, 0) is 30.7 Å². The van der Waals surface area contributed by atoms with Gasteiger partial charge in [-0.25, -0.2) is 0 Å². The lowest BCUT2D eigenvalue weighted by atomic mass is 10.2. The van der Waals surface area contributed by atoms with E-state index >= 15 is 0 Å². The summed E-state index contributed by atoms with van der Waals surface area (Å²) in [4.78, 5) is 11.7. The predicted octanol–water partition coefficient (Wildman–Crippen LogP) is 3.73. The molecule has 0 spiro atoms. The van der Waals surface area contributed by atoms with Crippen LogP contribution in [0.4, 0.5) is 0 Å². The Kier molecular flexibility index (Phi) is 5.64. The molecule has 0 atom stereocenters. The standard InChI is InChI=1S/C17H18ClNO2/c1-13-6-8-15(9-7-13)21-11-10-17(20)19-12-14-4-2-3-5-16(14)18/h2-9H,10-12H2,1H3,(H,19,20). The first-order chi connectivity index (χ1) is 10.1. The maximum atomic E-state index is 11.7. The number of nitrogens with one attached hydrogen (secondary N) is 1. The number of carbonyl (C=O) groups excluding carboxylic acids is 1. The van der Waals surface area contributed by atoms with E-state index in [0.29, 0.717) is 24.6 Å². The summed E-state index contributed by atoms with van der Waals surface area (Å²) in [5.41, 5.74) is 2.09. The fraction of sp³-hybridized carbons (Fsp3) is 0.235. The Balaban J connectivity index is 1.70. The molecule has 0 aromatic heterocycles. The van der Waals surface area contributed by atoms with Gasteiger partial charge < -0.3 is 10.1 Å². The molecule has 110 valence electrons. The van der Waals surface area contributed by atoms with E-state index < -0.39 is 0 Å². The molecule has 0 aliphatic rings. The highest BCUT2D eigenvalue weighted by atomic mass is 35.5. The van der Waals surface area contributed by atoms with Crippen molar-refractivity contribution in [3.05, 3.63) is 64.7 Å². The van der Waals surface area contributed by atoms with Crippen LogP contribution in [-0.4, -0.2) is 12.5 Å². The summed E-state index contributed by atoms with van der Waals surface area (Å²) in [6, 6.07) is 15.2. The van der Waals surface area contributed by atoms with Crippen molar-refractivity contribution in [3.63, 3.8) is 0 Å². The van der Waals surface area contributed by atoms with Crippen LogP contribution >= 0.6 is 11.6 Å². The van der Waals surface area contributed by atoms with Gasteiger partial charge in [0.25, 0.3) is 0 Å². The third-order valence-electron chi connectivity index (χ3n) is 3.05. The van der Waals surface area contributed by atoms with Crippen LogP contribution in [0.2, 0.25) is 5.02 Å². The molecular formula is C17H18ClNO2. The minimum atomic E-state index is -0.0537. The van der Waals surface area contributed by atoms with Gasteiger partial charge in [0.05, 0.1) is 13.0 Å². The van der Waals surface area contributed by atoms with Crippen LogP contribution in [-0.2, 0) is 11.3 Å². The van der Waals surface area contributed by atoms with Crippen LogP contribution in [0.3, 0.4) is 0 Å². The highest BCUT2D eigenvalue weighted by Crippen LogP contribution is 2.14. The van der Waals surface area contributed by atoms with Gasteiger partial charge in [-0.15, -0.1) is 0 Å². The molecule has 1 amide bonds. The van der Waals surface area contributed by atoms with E-state index in [-0.39, 0.29) is 5.91 Å².